The Bertz CT molecular complexity index is 244. The van der Waals surface area contributed by atoms with E-state index in [0.29, 0.717) is 12.2 Å². The standard InChI is InChI=1S/C10H15NO2/c1-4-5-6-13-10(12)9(7-11)8(2)3/h4-6H2,1-3H3. The molecule has 0 atom stereocenters. The Labute approximate surface area is 79.0 Å². The molecule has 0 saturated carbocycles. The lowest BCUT2D eigenvalue weighted by Crippen LogP contribution is -2.08. The Morgan fingerprint density at radius 1 is 1.46 bits per heavy atom. The summed E-state index contributed by atoms with van der Waals surface area (Å²) < 4.78 is 4.88. The zero-order chi connectivity index (χ0) is 10.3. The van der Waals surface area contributed by atoms with Crippen molar-refractivity contribution >= 4 is 5.97 Å². The van der Waals surface area contributed by atoms with Gasteiger partial charge in [-0.15, -0.1) is 0 Å². The molecule has 0 aliphatic rings. The van der Waals surface area contributed by atoms with E-state index in [4.69, 9.17) is 10.00 Å². The molecule has 0 unspecified atom stereocenters. The Kier molecular flexibility index (Phi) is 5.62. The molecular formula is C10H15NO2. The molecule has 0 N–H and O–H groups in total. The fourth-order valence-electron chi connectivity index (χ4n) is 0.743. The summed E-state index contributed by atoms with van der Waals surface area (Å²) in [7, 11) is 0. The van der Waals surface area contributed by atoms with Crippen molar-refractivity contribution in [1.29, 1.82) is 5.26 Å². The third kappa shape index (κ3) is 4.32. The molecule has 0 amide bonds. The molecule has 0 radical (unpaired) electrons. The SMILES string of the molecule is CCCCOC(=O)C(C#N)=C(C)C. The second-order valence-corrected chi connectivity index (χ2v) is 2.98. The van der Waals surface area contributed by atoms with E-state index in [1.165, 1.54) is 0 Å². The number of nitriles is 1. The van der Waals surface area contributed by atoms with E-state index in [-0.39, 0.29) is 5.57 Å². The molecule has 13 heavy (non-hydrogen) atoms. The van der Waals surface area contributed by atoms with Crippen LogP contribution in [0.3, 0.4) is 0 Å². The van der Waals surface area contributed by atoms with Crippen molar-refractivity contribution in [2.45, 2.75) is 33.6 Å². The van der Waals surface area contributed by atoms with Gasteiger partial charge in [-0.25, -0.2) is 4.79 Å². The highest BCUT2D eigenvalue weighted by Gasteiger charge is 2.11. The second kappa shape index (κ2) is 6.24. The molecule has 0 rings (SSSR count). The minimum absolute atomic E-state index is 0.121. The minimum Gasteiger partial charge on any atom is -0.462 e. The van der Waals surface area contributed by atoms with Gasteiger partial charge in [-0.1, -0.05) is 18.9 Å². The third-order valence-electron chi connectivity index (χ3n) is 1.55. The summed E-state index contributed by atoms with van der Waals surface area (Å²) >= 11 is 0. The van der Waals surface area contributed by atoms with Crippen LogP contribution >= 0.6 is 0 Å². The molecule has 0 aromatic heterocycles. The largest absolute Gasteiger partial charge is 0.462 e. The van der Waals surface area contributed by atoms with Crippen LogP contribution in [0.15, 0.2) is 11.1 Å². The zero-order valence-corrected chi connectivity index (χ0v) is 8.39. The summed E-state index contributed by atoms with van der Waals surface area (Å²) in [5.74, 6) is -0.504. The maximum absolute atomic E-state index is 11.2. The molecule has 0 aliphatic heterocycles. The topological polar surface area (TPSA) is 50.1 Å². The van der Waals surface area contributed by atoms with E-state index in [1.807, 2.05) is 13.0 Å². The van der Waals surface area contributed by atoms with Gasteiger partial charge in [-0.3, -0.25) is 0 Å². The lowest BCUT2D eigenvalue weighted by atomic mass is 10.2. The minimum atomic E-state index is -0.504. The van der Waals surface area contributed by atoms with Crippen molar-refractivity contribution in [1.82, 2.24) is 0 Å². The molecule has 0 heterocycles. The molecule has 0 saturated heterocycles. The molecular weight excluding hydrogens is 166 g/mol. The number of unbranched alkanes of at least 4 members (excludes halogenated alkanes) is 1. The van der Waals surface area contributed by atoms with E-state index < -0.39 is 5.97 Å². The van der Waals surface area contributed by atoms with Gasteiger partial charge in [-0.2, -0.15) is 5.26 Å². The van der Waals surface area contributed by atoms with Gasteiger partial charge < -0.3 is 4.74 Å². The highest BCUT2D eigenvalue weighted by atomic mass is 16.5. The summed E-state index contributed by atoms with van der Waals surface area (Å²) in [5.41, 5.74) is 0.820. The number of rotatable bonds is 4. The molecule has 0 bridgehead atoms. The summed E-state index contributed by atoms with van der Waals surface area (Å²) in [6.45, 7) is 5.85. The molecule has 3 nitrogen and oxygen atoms in total. The Hall–Kier alpha value is -1.30. The first-order valence-corrected chi connectivity index (χ1v) is 4.38. The van der Waals surface area contributed by atoms with Crippen LogP contribution in [0, 0.1) is 11.3 Å². The van der Waals surface area contributed by atoms with Crippen LogP contribution < -0.4 is 0 Å². The number of carbonyl (C=O) groups is 1. The van der Waals surface area contributed by atoms with Gasteiger partial charge in [0, 0.05) is 0 Å². The monoisotopic (exact) mass is 181 g/mol. The normalized spacial score (nSPS) is 8.77. The van der Waals surface area contributed by atoms with Crippen molar-refractivity contribution in [2.24, 2.45) is 0 Å². The van der Waals surface area contributed by atoms with E-state index in [2.05, 4.69) is 0 Å². The summed E-state index contributed by atoms with van der Waals surface area (Å²) in [5, 5.41) is 8.61. The molecule has 0 spiro atoms. The molecule has 0 fully saturated rings. The van der Waals surface area contributed by atoms with Crippen LogP contribution in [-0.4, -0.2) is 12.6 Å². The van der Waals surface area contributed by atoms with Gasteiger partial charge in [0.2, 0.25) is 0 Å². The van der Waals surface area contributed by atoms with Crippen LogP contribution in [0.25, 0.3) is 0 Å². The average molecular weight is 181 g/mol. The van der Waals surface area contributed by atoms with Crippen molar-refractivity contribution in [3.8, 4) is 6.07 Å². The summed E-state index contributed by atoms with van der Waals surface area (Å²) in [4.78, 5) is 11.2. The fourth-order valence-corrected chi connectivity index (χ4v) is 0.743. The summed E-state index contributed by atoms with van der Waals surface area (Å²) in [6.07, 6.45) is 1.82. The average Bonchev–Trinajstić information content (AvgIpc) is 2.05. The number of allylic oxidation sites excluding steroid dienone is 1. The lowest BCUT2D eigenvalue weighted by Gasteiger charge is -2.02. The first-order valence-electron chi connectivity index (χ1n) is 4.38. The van der Waals surface area contributed by atoms with Crippen LogP contribution in [-0.2, 0) is 9.53 Å². The Balaban J connectivity index is 4.12. The highest BCUT2D eigenvalue weighted by molar-refractivity contribution is 5.93. The smallest absolute Gasteiger partial charge is 0.348 e. The van der Waals surface area contributed by atoms with Gasteiger partial charge in [0.1, 0.15) is 11.6 Å². The van der Waals surface area contributed by atoms with Gasteiger partial charge >= 0.3 is 5.97 Å². The predicted molar refractivity (Wildman–Crippen MR) is 49.9 cm³/mol. The Morgan fingerprint density at radius 2 is 2.08 bits per heavy atom. The number of hydrogen-bond donors (Lipinski definition) is 0. The van der Waals surface area contributed by atoms with Crippen molar-refractivity contribution in [2.75, 3.05) is 6.61 Å². The molecule has 3 heteroatoms. The number of esters is 1. The first kappa shape index (κ1) is 11.7. The van der Waals surface area contributed by atoms with Crippen LogP contribution in [0.1, 0.15) is 33.6 Å². The summed E-state index contributed by atoms with van der Waals surface area (Å²) in [6, 6.07) is 1.83. The van der Waals surface area contributed by atoms with Crippen molar-refractivity contribution in [3.63, 3.8) is 0 Å². The second-order valence-electron chi connectivity index (χ2n) is 2.98. The fraction of sp³-hybridized carbons (Fsp3) is 0.600. The number of hydrogen-bond acceptors (Lipinski definition) is 3. The van der Waals surface area contributed by atoms with Crippen LogP contribution in [0.4, 0.5) is 0 Å². The van der Waals surface area contributed by atoms with Gasteiger partial charge in [-0.05, 0) is 20.3 Å². The van der Waals surface area contributed by atoms with E-state index in [9.17, 15) is 4.79 Å². The molecule has 72 valence electrons. The van der Waals surface area contributed by atoms with E-state index in [0.717, 1.165) is 12.8 Å². The van der Waals surface area contributed by atoms with Crippen LogP contribution in [0.5, 0.6) is 0 Å². The van der Waals surface area contributed by atoms with Gasteiger partial charge in [0.05, 0.1) is 6.61 Å². The third-order valence-corrected chi connectivity index (χ3v) is 1.55. The van der Waals surface area contributed by atoms with E-state index in [1.54, 1.807) is 13.8 Å². The predicted octanol–water partition coefficient (Wildman–Crippen LogP) is 2.19. The quantitative estimate of drug-likeness (QED) is 0.289. The maximum atomic E-state index is 11.2. The Morgan fingerprint density at radius 3 is 2.46 bits per heavy atom. The number of ether oxygens (including phenoxy) is 1. The van der Waals surface area contributed by atoms with Crippen LogP contribution in [0.2, 0.25) is 0 Å². The molecule has 0 aromatic carbocycles. The first-order chi connectivity index (χ1) is 6.13. The highest BCUT2D eigenvalue weighted by Crippen LogP contribution is 2.04. The maximum Gasteiger partial charge on any atom is 0.348 e. The van der Waals surface area contributed by atoms with Gasteiger partial charge in [0.15, 0.2) is 0 Å². The zero-order valence-electron chi connectivity index (χ0n) is 8.39. The number of nitrogens with zero attached hydrogens (tertiary/aromatic N) is 1. The van der Waals surface area contributed by atoms with Crippen molar-refractivity contribution in [3.05, 3.63) is 11.1 Å². The lowest BCUT2D eigenvalue weighted by molar-refractivity contribution is -0.138. The number of carbonyl (C=O) groups excluding carboxylic acids is 1. The van der Waals surface area contributed by atoms with E-state index >= 15 is 0 Å². The molecule has 0 aliphatic carbocycles. The van der Waals surface area contributed by atoms with Crippen molar-refractivity contribution < 1.29 is 9.53 Å². The molecule has 0 aromatic rings. The van der Waals surface area contributed by atoms with Gasteiger partial charge in [0.25, 0.3) is 0 Å².